The van der Waals surface area contributed by atoms with Gasteiger partial charge < -0.3 is 20.4 Å². The molecule has 21 heavy (non-hydrogen) atoms. The van der Waals surface area contributed by atoms with Gasteiger partial charge in [0.05, 0.1) is 12.1 Å². The Bertz CT molecular complexity index is 407. The topological polar surface area (TPSA) is 71.5 Å². The molecule has 2 rings (SSSR count). The Hall–Kier alpha value is -0.750. The van der Waals surface area contributed by atoms with Crippen molar-refractivity contribution in [2.75, 3.05) is 26.2 Å². The summed E-state index contributed by atoms with van der Waals surface area (Å²) in [5.41, 5.74) is 5.99. The van der Waals surface area contributed by atoms with Gasteiger partial charge in [-0.1, -0.05) is 6.42 Å². The number of carbonyl (C=O) groups is 1. The SMILES string of the molecule is Cl.Cl.NCc1cc(C(=O)NCCCN2CCCCC2)co1. The number of nitrogens with two attached hydrogens (primary N) is 1. The summed E-state index contributed by atoms with van der Waals surface area (Å²) in [7, 11) is 0. The third-order valence-corrected chi connectivity index (χ3v) is 3.50. The zero-order chi connectivity index (χ0) is 13.5. The van der Waals surface area contributed by atoms with E-state index < -0.39 is 0 Å². The predicted molar refractivity (Wildman–Crippen MR) is 88.3 cm³/mol. The first kappa shape index (κ1) is 20.2. The Kier molecular flexibility index (Phi) is 10.5. The second kappa shape index (κ2) is 10.9. The third kappa shape index (κ3) is 6.70. The first-order valence-corrected chi connectivity index (χ1v) is 7.07. The zero-order valence-electron chi connectivity index (χ0n) is 12.2. The average Bonchev–Trinajstić information content (AvgIpc) is 2.93. The smallest absolute Gasteiger partial charge is 0.254 e. The number of hydrogen-bond donors (Lipinski definition) is 2. The van der Waals surface area contributed by atoms with Crippen LogP contribution in [0.25, 0.3) is 0 Å². The summed E-state index contributed by atoms with van der Waals surface area (Å²) < 4.78 is 5.14. The molecule has 0 atom stereocenters. The fraction of sp³-hybridized carbons (Fsp3) is 0.643. The summed E-state index contributed by atoms with van der Waals surface area (Å²) >= 11 is 0. The van der Waals surface area contributed by atoms with Crippen LogP contribution < -0.4 is 11.1 Å². The quantitative estimate of drug-likeness (QED) is 0.780. The van der Waals surface area contributed by atoms with Gasteiger partial charge in [-0.25, -0.2) is 0 Å². The number of rotatable bonds is 6. The van der Waals surface area contributed by atoms with E-state index in [1.165, 1.54) is 38.6 Å². The molecule has 2 heterocycles. The first-order valence-electron chi connectivity index (χ1n) is 7.07. The molecule has 1 saturated heterocycles. The molecular weight excluding hydrogens is 313 g/mol. The molecule has 1 amide bonds. The van der Waals surface area contributed by atoms with E-state index in [0.717, 1.165) is 13.0 Å². The fourth-order valence-electron chi connectivity index (χ4n) is 2.40. The molecule has 0 spiro atoms. The second-order valence-electron chi connectivity index (χ2n) is 5.02. The molecule has 1 aliphatic heterocycles. The number of piperidine rings is 1. The van der Waals surface area contributed by atoms with Gasteiger partial charge in [-0.05, 0) is 45.0 Å². The lowest BCUT2D eigenvalue weighted by atomic mass is 10.1. The molecule has 0 radical (unpaired) electrons. The van der Waals surface area contributed by atoms with Gasteiger partial charge in [0.2, 0.25) is 0 Å². The van der Waals surface area contributed by atoms with Crippen molar-refractivity contribution in [1.29, 1.82) is 0 Å². The van der Waals surface area contributed by atoms with Crippen molar-refractivity contribution in [3.8, 4) is 0 Å². The molecular formula is C14H25Cl2N3O2. The molecule has 0 unspecified atom stereocenters. The van der Waals surface area contributed by atoms with Gasteiger partial charge in [-0.2, -0.15) is 0 Å². The molecule has 1 aliphatic rings. The summed E-state index contributed by atoms with van der Waals surface area (Å²) in [5, 5.41) is 2.91. The van der Waals surface area contributed by atoms with Crippen LogP contribution in [0.3, 0.4) is 0 Å². The minimum atomic E-state index is -0.0814. The van der Waals surface area contributed by atoms with Gasteiger partial charge >= 0.3 is 0 Å². The van der Waals surface area contributed by atoms with Crippen molar-refractivity contribution in [3.05, 3.63) is 23.7 Å². The molecule has 0 saturated carbocycles. The Morgan fingerprint density at radius 2 is 2.00 bits per heavy atom. The largest absolute Gasteiger partial charge is 0.467 e. The summed E-state index contributed by atoms with van der Waals surface area (Å²) in [6.07, 6.45) is 6.43. The van der Waals surface area contributed by atoms with Crippen molar-refractivity contribution < 1.29 is 9.21 Å². The highest BCUT2D eigenvalue weighted by molar-refractivity contribution is 5.93. The van der Waals surface area contributed by atoms with E-state index in [0.29, 0.717) is 24.4 Å². The maximum atomic E-state index is 11.8. The van der Waals surface area contributed by atoms with Crippen LogP contribution >= 0.6 is 24.8 Å². The van der Waals surface area contributed by atoms with Gasteiger partial charge in [0.15, 0.2) is 0 Å². The van der Waals surface area contributed by atoms with Crippen LogP contribution in [0.5, 0.6) is 0 Å². The highest BCUT2D eigenvalue weighted by atomic mass is 35.5. The van der Waals surface area contributed by atoms with Crippen molar-refractivity contribution in [1.82, 2.24) is 10.2 Å². The van der Waals surface area contributed by atoms with Crippen molar-refractivity contribution >= 4 is 30.7 Å². The molecule has 122 valence electrons. The highest BCUT2D eigenvalue weighted by Crippen LogP contribution is 2.09. The minimum absolute atomic E-state index is 0. The predicted octanol–water partition coefficient (Wildman–Crippen LogP) is 2.19. The number of hydrogen-bond acceptors (Lipinski definition) is 4. The van der Waals surface area contributed by atoms with E-state index in [4.69, 9.17) is 10.2 Å². The van der Waals surface area contributed by atoms with E-state index >= 15 is 0 Å². The van der Waals surface area contributed by atoms with Gasteiger partial charge in [-0.3, -0.25) is 4.79 Å². The van der Waals surface area contributed by atoms with Crippen LogP contribution in [0.2, 0.25) is 0 Å². The molecule has 3 N–H and O–H groups in total. The molecule has 1 aromatic rings. The molecule has 0 aliphatic carbocycles. The number of likely N-dealkylation sites (tertiary alicyclic amines) is 1. The third-order valence-electron chi connectivity index (χ3n) is 3.50. The summed E-state index contributed by atoms with van der Waals surface area (Å²) in [4.78, 5) is 14.3. The lowest BCUT2D eigenvalue weighted by molar-refractivity contribution is 0.0950. The molecule has 7 heteroatoms. The van der Waals surface area contributed by atoms with Crippen LogP contribution in [0.4, 0.5) is 0 Å². The Labute approximate surface area is 138 Å². The van der Waals surface area contributed by atoms with Crippen molar-refractivity contribution in [2.45, 2.75) is 32.2 Å². The van der Waals surface area contributed by atoms with Gasteiger partial charge in [0.1, 0.15) is 12.0 Å². The van der Waals surface area contributed by atoms with Gasteiger partial charge in [0, 0.05) is 6.54 Å². The standard InChI is InChI=1S/C14H23N3O2.2ClH/c15-10-13-9-12(11-19-13)14(18)16-5-4-8-17-6-2-1-3-7-17;;/h9,11H,1-8,10,15H2,(H,16,18);2*1H. The van der Waals surface area contributed by atoms with Gasteiger partial charge in [-0.15, -0.1) is 24.8 Å². The first-order chi connectivity index (χ1) is 9.29. The van der Waals surface area contributed by atoms with Crippen molar-refractivity contribution in [2.24, 2.45) is 5.73 Å². The fourth-order valence-corrected chi connectivity index (χ4v) is 2.40. The molecule has 1 aromatic heterocycles. The van der Waals surface area contributed by atoms with Crippen LogP contribution in [-0.2, 0) is 6.54 Å². The van der Waals surface area contributed by atoms with E-state index in [-0.39, 0.29) is 30.7 Å². The molecule has 0 aromatic carbocycles. The molecule has 1 fully saturated rings. The number of nitrogens with one attached hydrogen (secondary N) is 1. The lowest BCUT2D eigenvalue weighted by Crippen LogP contribution is -2.33. The Morgan fingerprint density at radius 3 is 2.62 bits per heavy atom. The molecule has 0 bridgehead atoms. The van der Waals surface area contributed by atoms with E-state index in [1.807, 2.05) is 0 Å². The molecule has 5 nitrogen and oxygen atoms in total. The number of halogens is 2. The highest BCUT2D eigenvalue weighted by Gasteiger charge is 2.11. The maximum Gasteiger partial charge on any atom is 0.254 e. The monoisotopic (exact) mass is 337 g/mol. The normalized spacial score (nSPS) is 14.9. The second-order valence-corrected chi connectivity index (χ2v) is 5.02. The lowest BCUT2D eigenvalue weighted by Gasteiger charge is -2.26. The Balaban J connectivity index is 0.00000200. The zero-order valence-corrected chi connectivity index (χ0v) is 13.8. The number of furan rings is 1. The summed E-state index contributed by atoms with van der Waals surface area (Å²) in [5.74, 6) is 0.556. The summed E-state index contributed by atoms with van der Waals surface area (Å²) in [6, 6.07) is 1.69. The van der Waals surface area contributed by atoms with Crippen LogP contribution in [-0.4, -0.2) is 37.0 Å². The minimum Gasteiger partial charge on any atom is -0.467 e. The average molecular weight is 338 g/mol. The maximum absolute atomic E-state index is 11.8. The number of carbonyl (C=O) groups excluding carboxylic acids is 1. The van der Waals surface area contributed by atoms with Crippen LogP contribution in [0.1, 0.15) is 41.8 Å². The van der Waals surface area contributed by atoms with Crippen molar-refractivity contribution in [3.63, 3.8) is 0 Å². The van der Waals surface area contributed by atoms with Gasteiger partial charge in [0.25, 0.3) is 5.91 Å². The van der Waals surface area contributed by atoms with E-state index in [9.17, 15) is 4.79 Å². The van der Waals surface area contributed by atoms with E-state index in [2.05, 4.69) is 10.2 Å². The number of amides is 1. The Morgan fingerprint density at radius 1 is 1.29 bits per heavy atom. The van der Waals surface area contributed by atoms with Crippen LogP contribution in [0.15, 0.2) is 16.7 Å². The number of nitrogens with zero attached hydrogens (tertiary/aromatic N) is 1. The summed E-state index contributed by atoms with van der Waals surface area (Å²) in [6.45, 7) is 4.51. The van der Waals surface area contributed by atoms with Crippen LogP contribution in [0, 0.1) is 0 Å². The van der Waals surface area contributed by atoms with E-state index in [1.54, 1.807) is 6.07 Å².